The maximum absolute atomic E-state index is 11.9. The molecule has 0 fully saturated rings. The first-order chi connectivity index (χ1) is 7.83. The molecule has 1 aromatic rings. The van der Waals surface area contributed by atoms with Gasteiger partial charge < -0.3 is 4.74 Å². The molecule has 0 radical (unpaired) electrons. The Hall–Kier alpha value is -2.37. The molecule has 1 aromatic heterocycles. The van der Waals surface area contributed by atoms with Crippen molar-refractivity contribution in [2.75, 3.05) is 0 Å². The number of rotatable bonds is 3. The molecule has 0 aliphatic carbocycles. The SMILES string of the molecule is N#CCc1cnc(OC(F)(F)F)c([N+](=O)[O-])c1. The zero-order chi connectivity index (χ0) is 13.1. The van der Waals surface area contributed by atoms with Crippen LogP contribution in [-0.4, -0.2) is 16.3 Å². The fraction of sp³-hybridized carbons (Fsp3) is 0.250. The quantitative estimate of drug-likeness (QED) is 0.601. The molecule has 0 spiro atoms. The molecule has 90 valence electrons. The third kappa shape index (κ3) is 3.60. The average Bonchev–Trinajstić information content (AvgIpc) is 2.18. The summed E-state index contributed by atoms with van der Waals surface area (Å²) in [5.74, 6) is -1.15. The molecule has 6 nitrogen and oxygen atoms in total. The van der Waals surface area contributed by atoms with Crippen LogP contribution >= 0.6 is 0 Å². The smallest absolute Gasteiger partial charge is 0.381 e. The van der Waals surface area contributed by atoms with Gasteiger partial charge in [0.25, 0.3) is 0 Å². The molecular weight excluding hydrogens is 243 g/mol. The van der Waals surface area contributed by atoms with Gasteiger partial charge in [-0.15, -0.1) is 13.2 Å². The second kappa shape index (κ2) is 4.65. The van der Waals surface area contributed by atoms with Crippen LogP contribution in [0.3, 0.4) is 0 Å². The maximum atomic E-state index is 11.9. The van der Waals surface area contributed by atoms with Gasteiger partial charge in [0.2, 0.25) is 0 Å². The van der Waals surface area contributed by atoms with Crippen LogP contribution in [0, 0.1) is 21.4 Å². The highest BCUT2D eigenvalue weighted by Crippen LogP contribution is 2.30. The fourth-order valence-corrected chi connectivity index (χ4v) is 0.989. The minimum atomic E-state index is -5.06. The van der Waals surface area contributed by atoms with Crippen molar-refractivity contribution < 1.29 is 22.8 Å². The Morgan fingerprint density at radius 1 is 1.59 bits per heavy atom. The molecule has 17 heavy (non-hydrogen) atoms. The summed E-state index contributed by atoms with van der Waals surface area (Å²) in [7, 11) is 0. The van der Waals surface area contributed by atoms with Gasteiger partial charge in [0.1, 0.15) is 0 Å². The van der Waals surface area contributed by atoms with Crippen molar-refractivity contribution in [2.24, 2.45) is 0 Å². The van der Waals surface area contributed by atoms with Gasteiger partial charge >= 0.3 is 17.9 Å². The zero-order valence-electron chi connectivity index (χ0n) is 8.06. The van der Waals surface area contributed by atoms with Crippen molar-refractivity contribution in [2.45, 2.75) is 12.8 Å². The van der Waals surface area contributed by atoms with Crippen LogP contribution in [0.25, 0.3) is 0 Å². The predicted molar refractivity (Wildman–Crippen MR) is 46.9 cm³/mol. The van der Waals surface area contributed by atoms with E-state index in [1.165, 1.54) is 0 Å². The Kier molecular flexibility index (Phi) is 3.47. The lowest BCUT2D eigenvalue weighted by atomic mass is 10.2. The number of nitro groups is 1. The summed E-state index contributed by atoms with van der Waals surface area (Å²) in [6.45, 7) is 0. The van der Waals surface area contributed by atoms with Crippen molar-refractivity contribution in [3.8, 4) is 11.9 Å². The molecule has 0 N–H and O–H groups in total. The van der Waals surface area contributed by atoms with Crippen LogP contribution in [0.4, 0.5) is 18.9 Å². The Balaban J connectivity index is 3.14. The summed E-state index contributed by atoms with van der Waals surface area (Å²) < 4.78 is 39.1. The highest BCUT2D eigenvalue weighted by Gasteiger charge is 2.35. The molecule has 9 heteroatoms. The van der Waals surface area contributed by atoms with Crippen molar-refractivity contribution in [1.82, 2.24) is 4.98 Å². The normalized spacial score (nSPS) is 10.7. The van der Waals surface area contributed by atoms with Gasteiger partial charge in [0.05, 0.1) is 17.4 Å². The van der Waals surface area contributed by atoms with Crippen LogP contribution in [0.1, 0.15) is 5.56 Å². The topological polar surface area (TPSA) is 89.0 Å². The number of ether oxygens (including phenoxy) is 1. The summed E-state index contributed by atoms with van der Waals surface area (Å²) >= 11 is 0. The van der Waals surface area contributed by atoms with E-state index in [1.807, 2.05) is 0 Å². The minimum absolute atomic E-state index is 0.133. The van der Waals surface area contributed by atoms with Crippen molar-refractivity contribution >= 4 is 5.69 Å². The summed E-state index contributed by atoms with van der Waals surface area (Å²) in [4.78, 5) is 12.6. The van der Waals surface area contributed by atoms with Crippen LogP contribution in [0.5, 0.6) is 5.88 Å². The van der Waals surface area contributed by atoms with E-state index in [-0.39, 0.29) is 12.0 Å². The Labute approximate surface area is 92.4 Å². The Morgan fingerprint density at radius 3 is 2.71 bits per heavy atom. The lowest BCUT2D eigenvalue weighted by molar-refractivity contribution is -0.389. The average molecular weight is 247 g/mol. The molecule has 0 saturated heterocycles. The van der Waals surface area contributed by atoms with Crippen LogP contribution in [0.2, 0.25) is 0 Å². The first kappa shape index (κ1) is 12.7. The van der Waals surface area contributed by atoms with Gasteiger partial charge in [-0.2, -0.15) is 5.26 Å². The molecule has 0 atom stereocenters. The van der Waals surface area contributed by atoms with Gasteiger partial charge in [0, 0.05) is 12.3 Å². The van der Waals surface area contributed by atoms with Gasteiger partial charge in [-0.05, 0) is 5.56 Å². The van der Waals surface area contributed by atoms with E-state index >= 15 is 0 Å². The first-order valence-corrected chi connectivity index (χ1v) is 4.09. The van der Waals surface area contributed by atoms with E-state index in [1.54, 1.807) is 6.07 Å². The number of hydrogen-bond acceptors (Lipinski definition) is 5. The molecule has 0 bridgehead atoms. The van der Waals surface area contributed by atoms with Gasteiger partial charge in [-0.3, -0.25) is 10.1 Å². The second-order valence-corrected chi connectivity index (χ2v) is 2.81. The summed E-state index contributed by atoms with van der Waals surface area (Å²) in [6, 6.07) is 2.51. The summed E-state index contributed by atoms with van der Waals surface area (Å²) in [5.41, 5.74) is -0.802. The predicted octanol–water partition coefficient (Wildman–Crippen LogP) is 1.95. The molecule has 0 saturated carbocycles. The van der Waals surface area contributed by atoms with Crippen LogP contribution in [-0.2, 0) is 6.42 Å². The number of nitriles is 1. The molecule has 0 amide bonds. The van der Waals surface area contributed by atoms with Gasteiger partial charge in [-0.1, -0.05) is 0 Å². The number of halogens is 3. The van der Waals surface area contributed by atoms with E-state index in [0.29, 0.717) is 0 Å². The van der Waals surface area contributed by atoms with Gasteiger partial charge in [0.15, 0.2) is 0 Å². The Bertz CT molecular complexity index is 481. The van der Waals surface area contributed by atoms with E-state index in [0.717, 1.165) is 12.3 Å². The van der Waals surface area contributed by atoms with Gasteiger partial charge in [-0.25, -0.2) is 4.98 Å². The molecule has 0 aromatic carbocycles. The van der Waals surface area contributed by atoms with Crippen molar-refractivity contribution in [3.63, 3.8) is 0 Å². The fourth-order valence-electron chi connectivity index (χ4n) is 0.989. The highest BCUT2D eigenvalue weighted by molar-refractivity contribution is 5.43. The lowest BCUT2D eigenvalue weighted by Gasteiger charge is -2.08. The minimum Gasteiger partial charge on any atom is -0.381 e. The lowest BCUT2D eigenvalue weighted by Crippen LogP contribution is -2.18. The standard InChI is InChI=1S/C8H4F3N3O3/c9-8(10,11)17-7-6(14(15)16)3-5(1-2-12)4-13-7/h3-4H,1H2. The van der Waals surface area contributed by atoms with E-state index < -0.39 is 22.9 Å². The molecular formula is C8H4F3N3O3. The summed E-state index contributed by atoms with van der Waals surface area (Å²) in [5, 5.41) is 18.8. The zero-order valence-corrected chi connectivity index (χ0v) is 8.06. The molecule has 1 heterocycles. The van der Waals surface area contributed by atoms with E-state index in [9.17, 15) is 23.3 Å². The molecule has 0 aliphatic rings. The number of aromatic nitrogens is 1. The maximum Gasteiger partial charge on any atom is 0.574 e. The highest BCUT2D eigenvalue weighted by atomic mass is 19.4. The van der Waals surface area contributed by atoms with Crippen LogP contribution in [0.15, 0.2) is 12.3 Å². The molecule has 0 unspecified atom stereocenters. The van der Waals surface area contributed by atoms with E-state index in [2.05, 4.69) is 9.72 Å². The monoisotopic (exact) mass is 247 g/mol. The Morgan fingerprint density at radius 2 is 2.24 bits per heavy atom. The third-order valence-corrected chi connectivity index (χ3v) is 1.58. The molecule has 0 aliphatic heterocycles. The summed E-state index contributed by atoms with van der Waals surface area (Å²) in [6.07, 6.45) is -4.34. The van der Waals surface area contributed by atoms with Crippen molar-refractivity contribution in [1.29, 1.82) is 5.26 Å². The third-order valence-electron chi connectivity index (χ3n) is 1.58. The van der Waals surface area contributed by atoms with Crippen molar-refractivity contribution in [3.05, 3.63) is 27.9 Å². The van der Waals surface area contributed by atoms with Crippen LogP contribution < -0.4 is 4.74 Å². The first-order valence-electron chi connectivity index (χ1n) is 4.09. The molecule has 1 rings (SSSR count). The van der Waals surface area contributed by atoms with E-state index in [4.69, 9.17) is 5.26 Å². The largest absolute Gasteiger partial charge is 0.574 e. The number of pyridine rings is 1. The second-order valence-electron chi connectivity index (χ2n) is 2.81. The number of hydrogen-bond donors (Lipinski definition) is 0. The number of nitrogens with zero attached hydrogens (tertiary/aromatic N) is 3. The number of alkyl halides is 3.